The van der Waals surface area contributed by atoms with Crippen LogP contribution in [0.15, 0.2) is 45.8 Å². The van der Waals surface area contributed by atoms with Gasteiger partial charge in [-0.05, 0) is 68.5 Å². The Labute approximate surface area is 181 Å². The fraction of sp³-hybridized carbons (Fsp3) is 0.333. The minimum absolute atomic E-state index is 0.778. The van der Waals surface area contributed by atoms with E-state index in [0.29, 0.717) is 0 Å². The molecule has 3 aromatic rings. The van der Waals surface area contributed by atoms with Crippen molar-refractivity contribution in [3.63, 3.8) is 0 Å². The van der Waals surface area contributed by atoms with E-state index in [2.05, 4.69) is 36.4 Å². The van der Waals surface area contributed by atoms with Gasteiger partial charge in [0, 0.05) is 23.6 Å². The number of benzene rings is 2. The summed E-state index contributed by atoms with van der Waals surface area (Å²) < 4.78 is 13.0. The van der Waals surface area contributed by atoms with Gasteiger partial charge in [-0.3, -0.25) is 4.99 Å². The van der Waals surface area contributed by atoms with Crippen LogP contribution in [-0.2, 0) is 6.42 Å². The van der Waals surface area contributed by atoms with Gasteiger partial charge >= 0.3 is 0 Å². The number of ether oxygens (including phenoxy) is 2. The lowest BCUT2D eigenvalue weighted by molar-refractivity contribution is 0.404. The number of rotatable bonds is 4. The number of aromatic nitrogens is 1. The summed E-state index contributed by atoms with van der Waals surface area (Å²) in [4.78, 5) is 5.32. The molecule has 0 spiro atoms. The number of aryl methyl sites for hydroxylation is 2. The Kier molecular flexibility index (Phi) is 5.77. The highest BCUT2D eigenvalue weighted by Gasteiger charge is 2.20. The molecule has 6 heteroatoms. The molecular formula is C24H27N3O2S. The number of fused-ring (bicyclic) bond motifs is 1. The molecule has 0 saturated heterocycles. The van der Waals surface area contributed by atoms with Gasteiger partial charge in [-0.15, -0.1) is 11.3 Å². The van der Waals surface area contributed by atoms with Gasteiger partial charge in [-0.2, -0.15) is 5.10 Å². The van der Waals surface area contributed by atoms with Crippen LogP contribution in [0.5, 0.6) is 11.5 Å². The molecule has 1 heterocycles. The highest BCUT2D eigenvalue weighted by molar-refractivity contribution is 7.07. The van der Waals surface area contributed by atoms with E-state index >= 15 is 0 Å². The van der Waals surface area contributed by atoms with E-state index in [9.17, 15) is 0 Å². The predicted octanol–water partition coefficient (Wildman–Crippen LogP) is 4.97. The fourth-order valence-electron chi connectivity index (χ4n) is 4.13. The zero-order chi connectivity index (χ0) is 21.3. The molecule has 0 aliphatic heterocycles. The molecule has 2 aromatic carbocycles. The summed E-state index contributed by atoms with van der Waals surface area (Å²) in [6.45, 7) is 4.35. The smallest absolute Gasteiger partial charge is 0.205 e. The molecule has 1 aliphatic carbocycles. The largest absolute Gasteiger partial charge is 0.497 e. The third-order valence-electron chi connectivity index (χ3n) is 5.55. The number of hydrogen-bond acceptors (Lipinski definition) is 5. The topological polar surface area (TPSA) is 48.1 Å². The van der Waals surface area contributed by atoms with Crippen LogP contribution in [-0.4, -0.2) is 31.7 Å². The molecule has 156 valence electrons. The molecule has 0 radical (unpaired) electrons. The first-order chi connectivity index (χ1) is 14.5. The first-order valence-corrected chi connectivity index (χ1v) is 11.0. The zero-order valence-electron chi connectivity index (χ0n) is 18.2. The Morgan fingerprint density at radius 1 is 1.00 bits per heavy atom. The van der Waals surface area contributed by atoms with Crippen molar-refractivity contribution in [3.8, 4) is 22.8 Å². The molecule has 0 N–H and O–H groups in total. The summed E-state index contributed by atoms with van der Waals surface area (Å²) in [5.41, 5.74) is 8.29. The summed E-state index contributed by atoms with van der Waals surface area (Å²) in [7, 11) is 5.16. The first-order valence-electron chi connectivity index (χ1n) is 10.1. The first kappa shape index (κ1) is 20.4. The molecule has 0 unspecified atom stereocenters. The lowest BCUT2D eigenvalue weighted by Gasteiger charge is -2.21. The van der Waals surface area contributed by atoms with Crippen LogP contribution in [0, 0.1) is 13.8 Å². The van der Waals surface area contributed by atoms with Crippen LogP contribution in [0.1, 0.15) is 35.1 Å². The third-order valence-corrected chi connectivity index (χ3v) is 6.46. The number of hydrogen-bond donors (Lipinski definition) is 0. The van der Waals surface area contributed by atoms with Crippen molar-refractivity contribution in [2.75, 3.05) is 21.3 Å². The van der Waals surface area contributed by atoms with Crippen LogP contribution in [0.3, 0.4) is 0 Å². The molecule has 0 amide bonds. The normalized spacial score (nSPS) is 15.4. The minimum Gasteiger partial charge on any atom is -0.497 e. The molecule has 1 aromatic heterocycles. The molecule has 0 atom stereocenters. The van der Waals surface area contributed by atoms with E-state index in [1.54, 1.807) is 32.6 Å². The minimum atomic E-state index is 0.778. The summed E-state index contributed by atoms with van der Waals surface area (Å²) in [5.74, 6) is 1.56. The van der Waals surface area contributed by atoms with Crippen molar-refractivity contribution in [2.45, 2.75) is 33.1 Å². The van der Waals surface area contributed by atoms with Crippen molar-refractivity contribution in [2.24, 2.45) is 10.1 Å². The molecular weight excluding hydrogens is 394 g/mol. The van der Waals surface area contributed by atoms with E-state index in [1.165, 1.54) is 22.3 Å². The fourth-order valence-corrected chi connectivity index (χ4v) is 4.91. The standard InChI is InChI=1S/C24H27N3O2S/c1-15-11-16(2)18-7-6-8-21(19(18)12-15)26-27-22(14-30-24(27)25-3)20-13-17(28-4)9-10-23(20)29-5/h9-14H,6-8H2,1-5H3. The monoisotopic (exact) mass is 421 g/mol. The van der Waals surface area contributed by atoms with Gasteiger partial charge in [-0.25, -0.2) is 4.68 Å². The van der Waals surface area contributed by atoms with Crippen molar-refractivity contribution < 1.29 is 9.47 Å². The average Bonchev–Trinajstić information content (AvgIpc) is 3.16. The maximum absolute atomic E-state index is 5.63. The van der Waals surface area contributed by atoms with Crippen LogP contribution < -0.4 is 14.3 Å². The predicted molar refractivity (Wildman–Crippen MR) is 123 cm³/mol. The number of methoxy groups -OCH3 is 2. The second-order valence-electron chi connectivity index (χ2n) is 7.51. The Bertz CT molecular complexity index is 1190. The van der Waals surface area contributed by atoms with Gasteiger partial charge in [-0.1, -0.05) is 11.6 Å². The molecule has 0 saturated carbocycles. The maximum Gasteiger partial charge on any atom is 0.205 e. The molecule has 5 nitrogen and oxygen atoms in total. The van der Waals surface area contributed by atoms with E-state index < -0.39 is 0 Å². The third kappa shape index (κ3) is 3.67. The maximum atomic E-state index is 5.63. The van der Waals surface area contributed by atoms with Crippen LogP contribution in [0.2, 0.25) is 0 Å². The van der Waals surface area contributed by atoms with Crippen molar-refractivity contribution >= 4 is 17.0 Å². The number of nitrogens with zero attached hydrogens (tertiary/aromatic N) is 3. The van der Waals surface area contributed by atoms with E-state index in [4.69, 9.17) is 14.6 Å². The van der Waals surface area contributed by atoms with Crippen molar-refractivity contribution in [3.05, 3.63) is 62.8 Å². The molecule has 30 heavy (non-hydrogen) atoms. The Balaban J connectivity index is 1.93. The van der Waals surface area contributed by atoms with Gasteiger partial charge in [0.2, 0.25) is 4.80 Å². The highest BCUT2D eigenvalue weighted by atomic mass is 32.1. The molecule has 4 rings (SSSR count). The summed E-state index contributed by atoms with van der Waals surface area (Å²) >= 11 is 1.57. The summed E-state index contributed by atoms with van der Waals surface area (Å²) in [6, 6.07) is 10.3. The second-order valence-corrected chi connectivity index (χ2v) is 8.35. The average molecular weight is 422 g/mol. The van der Waals surface area contributed by atoms with Crippen LogP contribution in [0.4, 0.5) is 0 Å². The summed E-state index contributed by atoms with van der Waals surface area (Å²) in [6.07, 6.45) is 3.17. The highest BCUT2D eigenvalue weighted by Crippen LogP contribution is 2.34. The van der Waals surface area contributed by atoms with Crippen LogP contribution >= 0.6 is 11.3 Å². The SMILES string of the molecule is CN=c1scc(-c2cc(OC)ccc2OC)n1N=C1CCCc2c(C)cc(C)cc21. The lowest BCUT2D eigenvalue weighted by Crippen LogP contribution is -2.19. The van der Waals surface area contributed by atoms with Crippen molar-refractivity contribution in [1.82, 2.24) is 4.68 Å². The molecule has 0 fully saturated rings. The second kappa shape index (κ2) is 8.48. The number of thiazole rings is 1. The Morgan fingerprint density at radius 2 is 1.83 bits per heavy atom. The van der Waals surface area contributed by atoms with Crippen molar-refractivity contribution in [1.29, 1.82) is 0 Å². The van der Waals surface area contributed by atoms with Gasteiger partial charge in [0.1, 0.15) is 11.5 Å². The Morgan fingerprint density at radius 3 is 2.57 bits per heavy atom. The van der Waals surface area contributed by atoms with E-state index in [1.807, 2.05) is 22.9 Å². The lowest BCUT2D eigenvalue weighted by atomic mass is 9.86. The van der Waals surface area contributed by atoms with Gasteiger partial charge in [0.15, 0.2) is 0 Å². The van der Waals surface area contributed by atoms with E-state index in [0.717, 1.165) is 52.5 Å². The molecule has 0 bridgehead atoms. The Hall–Kier alpha value is -2.86. The zero-order valence-corrected chi connectivity index (χ0v) is 19.0. The van der Waals surface area contributed by atoms with E-state index in [-0.39, 0.29) is 0 Å². The summed E-state index contributed by atoms with van der Waals surface area (Å²) in [5, 5.41) is 7.21. The quantitative estimate of drug-likeness (QED) is 0.597. The van der Waals surface area contributed by atoms with Gasteiger partial charge < -0.3 is 9.47 Å². The van der Waals surface area contributed by atoms with Gasteiger partial charge in [0.25, 0.3) is 0 Å². The van der Waals surface area contributed by atoms with Crippen LogP contribution in [0.25, 0.3) is 11.3 Å². The molecule has 1 aliphatic rings. The van der Waals surface area contributed by atoms with Gasteiger partial charge in [0.05, 0.1) is 25.6 Å².